The normalized spacial score (nSPS) is 13.8. The number of allylic oxidation sites excluding steroid dienone is 1. The molecule has 0 saturated carbocycles. The van der Waals surface area contributed by atoms with E-state index in [1.165, 1.54) is 31.2 Å². The third-order valence-electron chi connectivity index (χ3n) is 4.70. The number of aromatic nitrogens is 1. The van der Waals surface area contributed by atoms with E-state index in [0.717, 1.165) is 24.2 Å². The number of pyridine rings is 1. The first kappa shape index (κ1) is 18.2. The van der Waals surface area contributed by atoms with Gasteiger partial charge in [-0.3, -0.25) is 9.78 Å². The molecular formula is C22H27N3O. The first-order valence-corrected chi connectivity index (χ1v) is 9.41. The molecule has 4 heteroatoms. The molecule has 0 spiro atoms. The van der Waals surface area contributed by atoms with E-state index in [0.29, 0.717) is 12.1 Å². The highest BCUT2D eigenvalue weighted by Gasteiger charge is 2.08. The summed E-state index contributed by atoms with van der Waals surface area (Å²) in [4.78, 5) is 16.6. The first-order valence-electron chi connectivity index (χ1n) is 9.41. The third-order valence-corrected chi connectivity index (χ3v) is 4.70. The molecule has 0 aliphatic heterocycles. The van der Waals surface area contributed by atoms with E-state index in [4.69, 9.17) is 0 Å². The van der Waals surface area contributed by atoms with E-state index in [1.54, 1.807) is 18.0 Å². The average molecular weight is 349 g/mol. The molecule has 0 atom stereocenters. The fourth-order valence-corrected chi connectivity index (χ4v) is 3.27. The van der Waals surface area contributed by atoms with Crippen molar-refractivity contribution in [3.05, 3.63) is 71.1 Å². The Morgan fingerprint density at radius 2 is 2.12 bits per heavy atom. The highest BCUT2D eigenvalue weighted by molar-refractivity contribution is 5.94. The molecule has 1 amide bonds. The van der Waals surface area contributed by atoms with E-state index >= 15 is 0 Å². The van der Waals surface area contributed by atoms with Crippen LogP contribution in [-0.2, 0) is 6.54 Å². The Labute approximate surface area is 155 Å². The number of aryl methyl sites for hydroxylation is 1. The van der Waals surface area contributed by atoms with Crippen LogP contribution in [0.2, 0.25) is 0 Å². The topological polar surface area (TPSA) is 54.0 Å². The highest BCUT2D eigenvalue weighted by atomic mass is 16.1. The molecular weight excluding hydrogens is 322 g/mol. The smallest absolute Gasteiger partial charge is 0.253 e. The summed E-state index contributed by atoms with van der Waals surface area (Å²) < 4.78 is 0. The second kappa shape index (κ2) is 9.18. The number of anilines is 1. The van der Waals surface area contributed by atoms with Crippen molar-refractivity contribution in [1.82, 2.24) is 10.3 Å². The SMILES string of the molecule is Cc1cccc(CNC(=O)c2cncc(NCCC3=CCCCC3)c2)c1. The van der Waals surface area contributed by atoms with Crippen LogP contribution in [0.25, 0.3) is 0 Å². The predicted octanol–water partition coefficient (Wildman–Crippen LogP) is 4.62. The van der Waals surface area contributed by atoms with E-state index in [1.807, 2.05) is 31.2 Å². The lowest BCUT2D eigenvalue weighted by Crippen LogP contribution is -2.23. The fraction of sp³-hybridized carbons (Fsp3) is 0.364. The molecule has 3 rings (SSSR count). The van der Waals surface area contributed by atoms with Crippen molar-refractivity contribution in [2.75, 3.05) is 11.9 Å². The van der Waals surface area contributed by atoms with Crippen LogP contribution in [-0.4, -0.2) is 17.4 Å². The van der Waals surface area contributed by atoms with Crippen molar-refractivity contribution in [2.45, 2.75) is 45.6 Å². The molecule has 2 N–H and O–H groups in total. The van der Waals surface area contributed by atoms with E-state index < -0.39 is 0 Å². The van der Waals surface area contributed by atoms with Gasteiger partial charge in [-0.05, 0) is 50.7 Å². The molecule has 0 fully saturated rings. The third kappa shape index (κ3) is 5.45. The van der Waals surface area contributed by atoms with E-state index in [2.05, 4.69) is 27.8 Å². The Kier molecular flexibility index (Phi) is 6.42. The summed E-state index contributed by atoms with van der Waals surface area (Å²) in [6, 6.07) is 10.0. The number of benzene rings is 1. The Balaban J connectivity index is 1.51. The zero-order valence-electron chi connectivity index (χ0n) is 15.4. The van der Waals surface area contributed by atoms with E-state index in [-0.39, 0.29) is 5.91 Å². The molecule has 1 aromatic heterocycles. The quantitative estimate of drug-likeness (QED) is 0.717. The molecule has 0 saturated heterocycles. The van der Waals surface area contributed by atoms with Crippen LogP contribution in [0.3, 0.4) is 0 Å². The fourth-order valence-electron chi connectivity index (χ4n) is 3.27. The summed E-state index contributed by atoms with van der Waals surface area (Å²) in [7, 11) is 0. The number of carbonyl (C=O) groups is 1. The minimum atomic E-state index is -0.0994. The van der Waals surface area contributed by atoms with Crippen molar-refractivity contribution in [1.29, 1.82) is 0 Å². The molecule has 1 aromatic carbocycles. The minimum Gasteiger partial charge on any atom is -0.383 e. The minimum absolute atomic E-state index is 0.0994. The van der Waals surface area contributed by atoms with Gasteiger partial charge in [0.25, 0.3) is 5.91 Å². The molecule has 0 radical (unpaired) electrons. The monoisotopic (exact) mass is 349 g/mol. The Bertz CT molecular complexity index is 782. The number of amides is 1. The summed E-state index contributed by atoms with van der Waals surface area (Å²) in [6.07, 6.45) is 11.9. The van der Waals surface area contributed by atoms with Gasteiger partial charge in [-0.15, -0.1) is 0 Å². The number of rotatable bonds is 7. The van der Waals surface area contributed by atoms with Crippen LogP contribution in [0.15, 0.2) is 54.4 Å². The van der Waals surface area contributed by atoms with Gasteiger partial charge in [0, 0.05) is 25.5 Å². The van der Waals surface area contributed by atoms with Gasteiger partial charge in [0.05, 0.1) is 11.3 Å². The Morgan fingerprint density at radius 3 is 2.92 bits per heavy atom. The summed E-state index contributed by atoms with van der Waals surface area (Å²) in [5, 5.41) is 6.35. The second-order valence-electron chi connectivity index (χ2n) is 6.92. The lowest BCUT2D eigenvalue weighted by Gasteiger charge is -2.13. The van der Waals surface area contributed by atoms with Crippen molar-refractivity contribution in [3.8, 4) is 0 Å². The van der Waals surface area contributed by atoms with Crippen LogP contribution in [0.1, 0.15) is 53.6 Å². The zero-order valence-corrected chi connectivity index (χ0v) is 15.4. The van der Waals surface area contributed by atoms with Gasteiger partial charge < -0.3 is 10.6 Å². The largest absolute Gasteiger partial charge is 0.383 e. The summed E-state index contributed by atoms with van der Waals surface area (Å²) in [5.41, 5.74) is 5.31. The lowest BCUT2D eigenvalue weighted by molar-refractivity contribution is 0.0950. The maximum atomic E-state index is 12.4. The summed E-state index contributed by atoms with van der Waals surface area (Å²) >= 11 is 0. The molecule has 0 bridgehead atoms. The molecule has 4 nitrogen and oxygen atoms in total. The molecule has 1 aliphatic rings. The van der Waals surface area contributed by atoms with Crippen molar-refractivity contribution in [2.24, 2.45) is 0 Å². The predicted molar refractivity (Wildman–Crippen MR) is 106 cm³/mol. The van der Waals surface area contributed by atoms with Crippen molar-refractivity contribution in [3.63, 3.8) is 0 Å². The molecule has 136 valence electrons. The maximum Gasteiger partial charge on any atom is 0.253 e. The van der Waals surface area contributed by atoms with Gasteiger partial charge in [0.2, 0.25) is 0 Å². The number of hydrogen-bond acceptors (Lipinski definition) is 3. The van der Waals surface area contributed by atoms with Gasteiger partial charge in [0.1, 0.15) is 0 Å². The molecule has 2 aromatic rings. The number of nitrogens with zero attached hydrogens (tertiary/aromatic N) is 1. The van der Waals surface area contributed by atoms with Gasteiger partial charge in [-0.2, -0.15) is 0 Å². The van der Waals surface area contributed by atoms with Crippen molar-refractivity contribution < 1.29 is 4.79 Å². The van der Waals surface area contributed by atoms with Gasteiger partial charge in [0.15, 0.2) is 0 Å². The molecule has 1 heterocycles. The van der Waals surface area contributed by atoms with E-state index in [9.17, 15) is 4.79 Å². The lowest BCUT2D eigenvalue weighted by atomic mass is 9.97. The highest BCUT2D eigenvalue weighted by Crippen LogP contribution is 2.20. The van der Waals surface area contributed by atoms with Gasteiger partial charge in [-0.1, -0.05) is 41.5 Å². The molecule has 0 unspecified atom stereocenters. The maximum absolute atomic E-state index is 12.4. The number of hydrogen-bond donors (Lipinski definition) is 2. The molecule has 26 heavy (non-hydrogen) atoms. The number of carbonyl (C=O) groups excluding carboxylic acids is 1. The Hall–Kier alpha value is -2.62. The Morgan fingerprint density at radius 1 is 1.19 bits per heavy atom. The van der Waals surface area contributed by atoms with Crippen LogP contribution < -0.4 is 10.6 Å². The molecule has 1 aliphatic carbocycles. The van der Waals surface area contributed by atoms with Crippen LogP contribution in [0.4, 0.5) is 5.69 Å². The summed E-state index contributed by atoms with van der Waals surface area (Å²) in [5.74, 6) is -0.0994. The average Bonchev–Trinajstić information content (AvgIpc) is 2.67. The van der Waals surface area contributed by atoms with Gasteiger partial charge in [-0.25, -0.2) is 0 Å². The first-order chi connectivity index (χ1) is 12.7. The second-order valence-corrected chi connectivity index (χ2v) is 6.92. The zero-order chi connectivity index (χ0) is 18.2. The van der Waals surface area contributed by atoms with Gasteiger partial charge >= 0.3 is 0 Å². The van der Waals surface area contributed by atoms with Crippen LogP contribution in [0.5, 0.6) is 0 Å². The standard InChI is InChI=1S/C22H27N3O/c1-17-6-5-9-19(12-17)14-25-22(26)20-13-21(16-23-15-20)24-11-10-18-7-3-2-4-8-18/h5-7,9,12-13,15-16,24H,2-4,8,10-11,14H2,1H3,(H,25,26). The van der Waals surface area contributed by atoms with Crippen LogP contribution >= 0.6 is 0 Å². The summed E-state index contributed by atoms with van der Waals surface area (Å²) in [6.45, 7) is 3.45. The van der Waals surface area contributed by atoms with Crippen LogP contribution in [0, 0.1) is 6.92 Å². The van der Waals surface area contributed by atoms with Crippen molar-refractivity contribution >= 4 is 11.6 Å². The number of nitrogens with one attached hydrogen (secondary N) is 2.